The molecule has 27 heavy (non-hydrogen) atoms. The second-order valence-corrected chi connectivity index (χ2v) is 8.04. The fraction of sp³-hybridized carbons (Fsp3) is 0.458. The van der Waals surface area contributed by atoms with Crippen LogP contribution >= 0.6 is 0 Å². The van der Waals surface area contributed by atoms with E-state index in [-0.39, 0.29) is 17.4 Å². The molecule has 0 fully saturated rings. The van der Waals surface area contributed by atoms with E-state index in [1.165, 1.54) is 22.3 Å². The third-order valence-corrected chi connectivity index (χ3v) is 4.74. The highest BCUT2D eigenvalue weighted by molar-refractivity contribution is 5.84. The highest BCUT2D eigenvalue weighted by Crippen LogP contribution is 2.28. The van der Waals surface area contributed by atoms with Crippen LogP contribution in [-0.4, -0.2) is 24.5 Å². The van der Waals surface area contributed by atoms with Crippen LogP contribution in [0, 0.1) is 0 Å². The number of carbonyl (C=O) groups excluding carboxylic acids is 1. The molecule has 1 N–H and O–H groups in total. The lowest BCUT2D eigenvalue weighted by atomic mass is 9.94. The van der Waals surface area contributed by atoms with Gasteiger partial charge >= 0.3 is 0 Å². The number of Topliss-reactive ketones (excluding diaryl/α,β-unsaturated/α-hetero) is 1. The van der Waals surface area contributed by atoms with Gasteiger partial charge in [0.05, 0.1) is 13.2 Å². The van der Waals surface area contributed by atoms with Crippen LogP contribution in [0.3, 0.4) is 0 Å². The van der Waals surface area contributed by atoms with Gasteiger partial charge in [-0.05, 0) is 68.0 Å². The molecule has 3 nitrogen and oxygen atoms in total. The van der Waals surface area contributed by atoms with Gasteiger partial charge in [-0.1, -0.05) is 44.2 Å². The molecule has 0 unspecified atom stereocenters. The molecule has 3 heteroatoms. The average molecular weight is 368 g/mol. The fourth-order valence-electron chi connectivity index (χ4n) is 3.34. The van der Waals surface area contributed by atoms with Crippen molar-refractivity contribution in [3.05, 3.63) is 53.6 Å². The third-order valence-electron chi connectivity index (χ3n) is 4.74. The molecule has 0 bridgehead atoms. The lowest BCUT2D eigenvalue weighted by Crippen LogP contribution is -2.48. The van der Waals surface area contributed by atoms with Gasteiger partial charge in [-0.2, -0.15) is 0 Å². The molecule has 2 rings (SSSR count). The monoisotopic (exact) mass is 367 g/mol. The Labute approximate surface area is 164 Å². The van der Waals surface area contributed by atoms with Crippen molar-refractivity contribution < 1.29 is 9.53 Å². The standard InChI is InChI=1S/C24H33NO2/c1-7-18-16-20(27-6)13-14-21(18)19-11-9-17(10-12-19)15-22(23(26)8-2)25-24(3,4)5/h9-14,16,22,25H,7-8,15H2,1-6H3/t22-/m0/s1. The molecular weight excluding hydrogens is 334 g/mol. The number of nitrogens with one attached hydrogen (secondary N) is 1. The van der Waals surface area contributed by atoms with Crippen molar-refractivity contribution in [2.75, 3.05) is 7.11 Å². The van der Waals surface area contributed by atoms with Crippen molar-refractivity contribution in [1.29, 1.82) is 0 Å². The van der Waals surface area contributed by atoms with E-state index in [9.17, 15) is 4.79 Å². The van der Waals surface area contributed by atoms with Crippen LogP contribution in [0.4, 0.5) is 0 Å². The molecule has 0 aliphatic rings. The van der Waals surface area contributed by atoms with Crippen molar-refractivity contribution in [1.82, 2.24) is 5.32 Å². The Hall–Kier alpha value is -2.13. The Kier molecular flexibility index (Phi) is 7.20. The first-order valence-electron chi connectivity index (χ1n) is 9.84. The molecule has 0 aliphatic heterocycles. The fourth-order valence-corrected chi connectivity index (χ4v) is 3.34. The Morgan fingerprint density at radius 1 is 1.07 bits per heavy atom. The van der Waals surface area contributed by atoms with Crippen molar-refractivity contribution in [2.45, 2.75) is 65.5 Å². The quantitative estimate of drug-likeness (QED) is 0.696. The predicted molar refractivity (Wildman–Crippen MR) is 113 cm³/mol. The zero-order chi connectivity index (χ0) is 20.0. The number of benzene rings is 2. The van der Waals surface area contributed by atoms with E-state index in [4.69, 9.17) is 4.74 Å². The molecule has 2 aromatic carbocycles. The third kappa shape index (κ3) is 5.93. The smallest absolute Gasteiger partial charge is 0.149 e. The van der Waals surface area contributed by atoms with Gasteiger partial charge in [0.1, 0.15) is 11.5 Å². The Morgan fingerprint density at radius 2 is 1.74 bits per heavy atom. The summed E-state index contributed by atoms with van der Waals surface area (Å²) in [5, 5.41) is 3.47. The molecule has 1 atom stereocenters. The van der Waals surface area contributed by atoms with Gasteiger partial charge in [0.25, 0.3) is 0 Å². The minimum Gasteiger partial charge on any atom is -0.497 e. The van der Waals surface area contributed by atoms with Gasteiger partial charge in [-0.3, -0.25) is 4.79 Å². The second-order valence-electron chi connectivity index (χ2n) is 8.04. The summed E-state index contributed by atoms with van der Waals surface area (Å²) in [4.78, 5) is 12.4. The molecule has 0 aliphatic carbocycles. The maximum absolute atomic E-state index is 12.4. The van der Waals surface area contributed by atoms with E-state index < -0.39 is 0 Å². The molecule has 0 heterocycles. The van der Waals surface area contributed by atoms with Crippen LogP contribution in [0.2, 0.25) is 0 Å². The minimum atomic E-state index is -0.145. The Bertz CT molecular complexity index is 757. The van der Waals surface area contributed by atoms with Crippen LogP contribution in [0.15, 0.2) is 42.5 Å². The van der Waals surface area contributed by atoms with Gasteiger partial charge in [-0.25, -0.2) is 0 Å². The molecule has 2 aromatic rings. The van der Waals surface area contributed by atoms with Crippen LogP contribution < -0.4 is 10.1 Å². The molecular formula is C24H33NO2. The SMILES string of the molecule is CCC(=O)[C@H](Cc1ccc(-c2ccc(OC)cc2CC)cc1)NC(C)(C)C. The topological polar surface area (TPSA) is 38.3 Å². The van der Waals surface area contributed by atoms with Gasteiger partial charge in [0, 0.05) is 12.0 Å². The van der Waals surface area contributed by atoms with Crippen LogP contribution in [0.1, 0.15) is 52.2 Å². The zero-order valence-corrected chi connectivity index (χ0v) is 17.6. The summed E-state index contributed by atoms with van der Waals surface area (Å²) in [7, 11) is 1.70. The number of carbonyl (C=O) groups is 1. The molecule has 146 valence electrons. The molecule has 0 radical (unpaired) electrons. The van der Waals surface area contributed by atoms with E-state index in [1.54, 1.807) is 7.11 Å². The lowest BCUT2D eigenvalue weighted by molar-refractivity contribution is -0.121. The van der Waals surface area contributed by atoms with Crippen LogP contribution in [-0.2, 0) is 17.6 Å². The van der Waals surface area contributed by atoms with Crippen molar-refractivity contribution in [2.24, 2.45) is 0 Å². The number of ether oxygens (including phenoxy) is 1. The first-order chi connectivity index (χ1) is 12.8. The lowest BCUT2D eigenvalue weighted by Gasteiger charge is -2.27. The summed E-state index contributed by atoms with van der Waals surface area (Å²) in [6.45, 7) is 10.4. The number of aryl methyl sites for hydroxylation is 1. The summed E-state index contributed by atoms with van der Waals surface area (Å²) >= 11 is 0. The summed E-state index contributed by atoms with van der Waals surface area (Å²) in [5.74, 6) is 1.15. The van der Waals surface area contributed by atoms with E-state index in [0.717, 1.165) is 12.2 Å². The summed E-state index contributed by atoms with van der Waals surface area (Å²) in [6.07, 6.45) is 2.22. The van der Waals surface area contributed by atoms with E-state index in [2.05, 4.69) is 69.4 Å². The molecule has 0 aromatic heterocycles. The van der Waals surface area contributed by atoms with E-state index in [0.29, 0.717) is 12.8 Å². The first-order valence-corrected chi connectivity index (χ1v) is 9.84. The highest BCUT2D eigenvalue weighted by Gasteiger charge is 2.22. The van der Waals surface area contributed by atoms with Crippen LogP contribution in [0.5, 0.6) is 5.75 Å². The van der Waals surface area contributed by atoms with E-state index in [1.807, 2.05) is 13.0 Å². The number of hydrogen-bond acceptors (Lipinski definition) is 3. The van der Waals surface area contributed by atoms with E-state index >= 15 is 0 Å². The maximum Gasteiger partial charge on any atom is 0.149 e. The molecule has 0 saturated heterocycles. The van der Waals surface area contributed by atoms with Gasteiger partial charge in [0.2, 0.25) is 0 Å². The number of hydrogen-bond donors (Lipinski definition) is 1. The number of ketones is 1. The Morgan fingerprint density at radius 3 is 2.26 bits per heavy atom. The van der Waals surface area contributed by atoms with Crippen molar-refractivity contribution >= 4 is 5.78 Å². The van der Waals surface area contributed by atoms with Gasteiger partial charge < -0.3 is 10.1 Å². The number of rotatable bonds is 8. The van der Waals surface area contributed by atoms with Gasteiger partial charge in [-0.15, -0.1) is 0 Å². The predicted octanol–water partition coefficient (Wildman–Crippen LogP) is 5.20. The number of methoxy groups -OCH3 is 1. The average Bonchev–Trinajstić information content (AvgIpc) is 2.65. The maximum atomic E-state index is 12.4. The summed E-state index contributed by atoms with van der Waals surface area (Å²) in [6, 6.07) is 14.7. The van der Waals surface area contributed by atoms with Crippen molar-refractivity contribution in [3.63, 3.8) is 0 Å². The van der Waals surface area contributed by atoms with Gasteiger partial charge in [0.15, 0.2) is 0 Å². The molecule has 0 spiro atoms. The summed E-state index contributed by atoms with van der Waals surface area (Å²) < 4.78 is 5.34. The minimum absolute atomic E-state index is 0.0887. The zero-order valence-electron chi connectivity index (χ0n) is 17.6. The molecule has 0 saturated carbocycles. The summed E-state index contributed by atoms with van der Waals surface area (Å²) in [5.41, 5.74) is 4.79. The van der Waals surface area contributed by atoms with Crippen molar-refractivity contribution in [3.8, 4) is 16.9 Å². The highest BCUT2D eigenvalue weighted by atomic mass is 16.5. The van der Waals surface area contributed by atoms with Crippen LogP contribution in [0.25, 0.3) is 11.1 Å². The molecule has 0 amide bonds. The second kappa shape index (κ2) is 9.18. The normalized spacial score (nSPS) is 12.7. The Balaban J connectivity index is 2.22. The first kappa shape index (κ1) is 21.2. The largest absolute Gasteiger partial charge is 0.497 e.